The first-order valence-electron chi connectivity index (χ1n) is 10.1. The van der Waals surface area contributed by atoms with E-state index in [-0.39, 0.29) is 5.97 Å². The number of hydrogen-bond acceptors (Lipinski definition) is 4. The summed E-state index contributed by atoms with van der Waals surface area (Å²) in [7, 11) is 1.45. The van der Waals surface area contributed by atoms with Crippen LogP contribution in [-0.2, 0) is 24.8 Å². The third-order valence-corrected chi connectivity index (χ3v) is 5.11. The number of ether oxygens (including phenoxy) is 3. The molecule has 1 heterocycles. The third kappa shape index (κ3) is 6.73. The molecular formula is C22H34O4. The summed E-state index contributed by atoms with van der Waals surface area (Å²) in [6.07, 6.45) is 10.8. The minimum absolute atomic E-state index is 0.0937. The molecule has 0 unspecified atom stereocenters. The highest BCUT2D eigenvalue weighted by Gasteiger charge is 2.37. The third-order valence-electron chi connectivity index (χ3n) is 5.11. The van der Waals surface area contributed by atoms with E-state index in [1.807, 2.05) is 0 Å². The zero-order chi connectivity index (χ0) is 18.7. The van der Waals surface area contributed by atoms with E-state index in [0.29, 0.717) is 19.6 Å². The maximum Gasteiger partial charge on any atom is 0.305 e. The van der Waals surface area contributed by atoms with Crippen molar-refractivity contribution in [2.45, 2.75) is 76.9 Å². The Morgan fingerprint density at radius 2 is 1.46 bits per heavy atom. The molecule has 0 radical (unpaired) electrons. The molecule has 0 amide bonds. The van der Waals surface area contributed by atoms with Crippen LogP contribution < -0.4 is 0 Å². The van der Waals surface area contributed by atoms with Crippen LogP contribution in [0.15, 0.2) is 24.3 Å². The molecule has 0 bridgehead atoms. The molecule has 2 rings (SSSR count). The SMILES string of the molecule is COC(=O)CCCCCCCCCCC1(c2ccc(C)cc2)OCCO1. The lowest BCUT2D eigenvalue weighted by Gasteiger charge is -2.28. The topological polar surface area (TPSA) is 44.8 Å². The van der Waals surface area contributed by atoms with Gasteiger partial charge in [-0.3, -0.25) is 4.79 Å². The van der Waals surface area contributed by atoms with Gasteiger partial charge in [-0.2, -0.15) is 0 Å². The number of esters is 1. The maximum atomic E-state index is 11.0. The number of aryl methyl sites for hydroxylation is 1. The highest BCUT2D eigenvalue weighted by Crippen LogP contribution is 2.36. The summed E-state index contributed by atoms with van der Waals surface area (Å²) in [6.45, 7) is 3.46. The molecular weight excluding hydrogens is 328 g/mol. The molecule has 1 fully saturated rings. The first kappa shape index (κ1) is 20.9. The normalized spacial score (nSPS) is 15.9. The fourth-order valence-corrected chi connectivity index (χ4v) is 3.51. The number of methoxy groups -OCH3 is 1. The van der Waals surface area contributed by atoms with Crippen molar-refractivity contribution in [3.8, 4) is 0 Å². The van der Waals surface area contributed by atoms with Crippen LogP contribution >= 0.6 is 0 Å². The minimum Gasteiger partial charge on any atom is -0.469 e. The van der Waals surface area contributed by atoms with Crippen molar-refractivity contribution in [2.75, 3.05) is 20.3 Å². The molecule has 0 N–H and O–H groups in total. The summed E-state index contributed by atoms with van der Waals surface area (Å²) in [5.41, 5.74) is 2.40. The number of carbonyl (C=O) groups excluding carboxylic acids is 1. The van der Waals surface area contributed by atoms with E-state index in [2.05, 4.69) is 35.9 Å². The van der Waals surface area contributed by atoms with Crippen LogP contribution in [0.25, 0.3) is 0 Å². The Morgan fingerprint density at radius 1 is 0.923 bits per heavy atom. The highest BCUT2D eigenvalue weighted by molar-refractivity contribution is 5.68. The molecule has 1 aromatic carbocycles. The van der Waals surface area contributed by atoms with E-state index in [1.165, 1.54) is 44.8 Å². The fraction of sp³-hybridized carbons (Fsp3) is 0.682. The molecule has 0 aliphatic carbocycles. The van der Waals surface area contributed by atoms with Crippen LogP contribution in [-0.4, -0.2) is 26.3 Å². The summed E-state index contributed by atoms with van der Waals surface area (Å²) in [5.74, 6) is -0.620. The van der Waals surface area contributed by atoms with Gasteiger partial charge in [0.25, 0.3) is 0 Å². The van der Waals surface area contributed by atoms with Gasteiger partial charge in [-0.25, -0.2) is 0 Å². The van der Waals surface area contributed by atoms with Gasteiger partial charge in [-0.1, -0.05) is 68.4 Å². The smallest absolute Gasteiger partial charge is 0.305 e. The zero-order valence-corrected chi connectivity index (χ0v) is 16.4. The predicted molar refractivity (Wildman–Crippen MR) is 103 cm³/mol. The molecule has 1 aromatic rings. The Labute approximate surface area is 158 Å². The van der Waals surface area contributed by atoms with E-state index in [1.54, 1.807) is 0 Å². The second-order valence-electron chi connectivity index (χ2n) is 7.22. The van der Waals surface area contributed by atoms with Crippen LogP contribution in [0, 0.1) is 6.92 Å². The van der Waals surface area contributed by atoms with Crippen molar-refractivity contribution in [2.24, 2.45) is 0 Å². The lowest BCUT2D eigenvalue weighted by atomic mass is 9.97. The molecule has 26 heavy (non-hydrogen) atoms. The van der Waals surface area contributed by atoms with E-state index in [4.69, 9.17) is 9.47 Å². The Hall–Kier alpha value is -1.39. The number of hydrogen-bond donors (Lipinski definition) is 0. The van der Waals surface area contributed by atoms with Gasteiger partial charge in [0.15, 0.2) is 5.79 Å². The molecule has 4 heteroatoms. The van der Waals surface area contributed by atoms with Crippen molar-refractivity contribution < 1.29 is 19.0 Å². The molecule has 0 spiro atoms. The summed E-state index contributed by atoms with van der Waals surface area (Å²) >= 11 is 0. The Bertz CT molecular complexity index is 517. The fourth-order valence-electron chi connectivity index (χ4n) is 3.51. The van der Waals surface area contributed by atoms with E-state index in [9.17, 15) is 4.79 Å². The van der Waals surface area contributed by atoms with E-state index >= 15 is 0 Å². The van der Waals surface area contributed by atoms with Crippen molar-refractivity contribution in [1.29, 1.82) is 0 Å². The standard InChI is InChI=1S/C22H34O4/c1-19-12-14-20(15-13-19)22(25-17-18-26-22)16-10-8-6-4-3-5-7-9-11-21(23)24-2/h12-15H,3-11,16-18H2,1-2H3. The largest absolute Gasteiger partial charge is 0.469 e. The van der Waals surface area contributed by atoms with Gasteiger partial charge < -0.3 is 14.2 Å². The highest BCUT2D eigenvalue weighted by atomic mass is 16.7. The minimum atomic E-state index is -0.526. The maximum absolute atomic E-state index is 11.0. The quantitative estimate of drug-likeness (QED) is 0.375. The van der Waals surface area contributed by atoms with Crippen molar-refractivity contribution >= 4 is 5.97 Å². The molecule has 0 atom stereocenters. The van der Waals surface area contributed by atoms with Crippen molar-refractivity contribution in [1.82, 2.24) is 0 Å². The lowest BCUT2D eigenvalue weighted by Crippen LogP contribution is -2.27. The van der Waals surface area contributed by atoms with Gasteiger partial charge in [0, 0.05) is 18.4 Å². The van der Waals surface area contributed by atoms with Crippen LogP contribution in [0.1, 0.15) is 75.3 Å². The van der Waals surface area contributed by atoms with Gasteiger partial charge in [-0.05, 0) is 19.8 Å². The zero-order valence-electron chi connectivity index (χ0n) is 16.4. The van der Waals surface area contributed by atoms with Crippen LogP contribution in [0.3, 0.4) is 0 Å². The Balaban J connectivity index is 1.58. The Morgan fingerprint density at radius 3 is 2.04 bits per heavy atom. The first-order chi connectivity index (χ1) is 12.7. The number of benzene rings is 1. The van der Waals surface area contributed by atoms with Crippen molar-refractivity contribution in [3.05, 3.63) is 35.4 Å². The molecule has 1 aliphatic heterocycles. The van der Waals surface area contributed by atoms with Gasteiger partial charge in [-0.15, -0.1) is 0 Å². The van der Waals surface area contributed by atoms with Gasteiger partial charge in [0.1, 0.15) is 0 Å². The van der Waals surface area contributed by atoms with E-state index < -0.39 is 5.79 Å². The van der Waals surface area contributed by atoms with Gasteiger partial charge in [0.2, 0.25) is 0 Å². The number of carbonyl (C=O) groups is 1. The van der Waals surface area contributed by atoms with E-state index in [0.717, 1.165) is 31.2 Å². The lowest BCUT2D eigenvalue weighted by molar-refractivity contribution is -0.171. The summed E-state index contributed by atoms with van der Waals surface area (Å²) in [5, 5.41) is 0. The van der Waals surface area contributed by atoms with Gasteiger partial charge >= 0.3 is 5.97 Å². The second-order valence-corrected chi connectivity index (χ2v) is 7.22. The average Bonchev–Trinajstić information content (AvgIpc) is 3.13. The van der Waals surface area contributed by atoms with Crippen molar-refractivity contribution in [3.63, 3.8) is 0 Å². The van der Waals surface area contributed by atoms with Crippen LogP contribution in [0.5, 0.6) is 0 Å². The summed E-state index contributed by atoms with van der Waals surface area (Å²) < 4.78 is 16.7. The molecule has 1 saturated heterocycles. The predicted octanol–water partition coefficient (Wildman–Crippen LogP) is 5.27. The number of rotatable bonds is 12. The van der Waals surface area contributed by atoms with Gasteiger partial charge in [0.05, 0.1) is 20.3 Å². The molecule has 0 aromatic heterocycles. The monoisotopic (exact) mass is 362 g/mol. The molecule has 4 nitrogen and oxygen atoms in total. The first-order valence-corrected chi connectivity index (χ1v) is 10.1. The molecule has 0 saturated carbocycles. The average molecular weight is 363 g/mol. The molecule has 1 aliphatic rings. The number of unbranched alkanes of at least 4 members (excludes halogenated alkanes) is 7. The Kier molecular flexibility index (Phi) is 9.13. The molecule has 146 valence electrons. The summed E-state index contributed by atoms with van der Waals surface area (Å²) in [6, 6.07) is 8.52. The van der Waals surface area contributed by atoms with Crippen LogP contribution in [0.4, 0.5) is 0 Å². The second kappa shape index (κ2) is 11.3. The van der Waals surface area contributed by atoms with Crippen LogP contribution in [0.2, 0.25) is 0 Å². The summed E-state index contributed by atoms with van der Waals surface area (Å²) in [4.78, 5) is 11.0.